The van der Waals surface area contributed by atoms with Crippen LogP contribution in [0.25, 0.3) is 11.4 Å². The van der Waals surface area contributed by atoms with Crippen LogP contribution in [0, 0.1) is 17.4 Å². The number of benzene rings is 2. The molecule has 156 valence electrons. The lowest BCUT2D eigenvalue weighted by molar-refractivity contribution is -0.123. The van der Waals surface area contributed by atoms with Crippen LogP contribution in [0.1, 0.15) is 21.8 Å². The van der Waals surface area contributed by atoms with Gasteiger partial charge in [-0.2, -0.15) is 4.98 Å². The molecular formula is C21H21IN4O4. The summed E-state index contributed by atoms with van der Waals surface area (Å²) in [6.45, 7) is 4.32. The monoisotopic (exact) mass is 520 g/mol. The molecule has 0 fully saturated rings. The quantitative estimate of drug-likeness (QED) is 0.350. The van der Waals surface area contributed by atoms with Crippen molar-refractivity contribution in [1.82, 2.24) is 20.8 Å². The third kappa shape index (κ3) is 6.02. The Labute approximate surface area is 187 Å². The Morgan fingerprint density at radius 3 is 2.53 bits per heavy atom. The number of hydrogen-bond acceptors (Lipinski definition) is 6. The van der Waals surface area contributed by atoms with Gasteiger partial charge in [0.05, 0.1) is 0 Å². The minimum atomic E-state index is -0.499. The molecule has 1 aromatic heterocycles. The van der Waals surface area contributed by atoms with Gasteiger partial charge in [0.1, 0.15) is 5.75 Å². The summed E-state index contributed by atoms with van der Waals surface area (Å²) in [6, 6.07) is 13.2. The van der Waals surface area contributed by atoms with Gasteiger partial charge in [-0.3, -0.25) is 9.59 Å². The summed E-state index contributed by atoms with van der Waals surface area (Å²) < 4.78 is 11.6. The lowest BCUT2D eigenvalue weighted by atomic mass is 10.1. The van der Waals surface area contributed by atoms with Crippen LogP contribution in [0.2, 0.25) is 0 Å². The smallest absolute Gasteiger partial charge is 0.316 e. The van der Waals surface area contributed by atoms with Gasteiger partial charge in [0.2, 0.25) is 5.82 Å². The molecule has 0 saturated heterocycles. The van der Waals surface area contributed by atoms with Crippen molar-refractivity contribution >= 4 is 34.4 Å². The Kier molecular flexibility index (Phi) is 7.39. The highest BCUT2D eigenvalue weighted by molar-refractivity contribution is 14.1. The van der Waals surface area contributed by atoms with E-state index in [4.69, 9.17) is 9.26 Å². The van der Waals surface area contributed by atoms with Crippen LogP contribution in [0.5, 0.6) is 5.75 Å². The van der Waals surface area contributed by atoms with E-state index in [0.717, 1.165) is 20.3 Å². The number of aryl methyl sites for hydroxylation is 2. The molecule has 0 radical (unpaired) electrons. The van der Waals surface area contributed by atoms with Crippen molar-refractivity contribution in [1.29, 1.82) is 0 Å². The molecule has 3 rings (SSSR count). The average Bonchev–Trinajstić information content (AvgIpc) is 3.23. The van der Waals surface area contributed by atoms with Crippen LogP contribution < -0.4 is 15.4 Å². The van der Waals surface area contributed by atoms with Crippen molar-refractivity contribution in [3.8, 4) is 17.1 Å². The predicted molar refractivity (Wildman–Crippen MR) is 119 cm³/mol. The minimum absolute atomic E-state index is 0.0997. The highest BCUT2D eigenvalue weighted by Crippen LogP contribution is 2.18. The van der Waals surface area contributed by atoms with Gasteiger partial charge in [-0.1, -0.05) is 35.0 Å². The Balaban J connectivity index is 1.38. The molecule has 0 atom stereocenters. The number of nitrogens with zero attached hydrogens (tertiary/aromatic N) is 2. The molecule has 0 unspecified atom stereocenters. The van der Waals surface area contributed by atoms with E-state index in [-0.39, 0.29) is 31.5 Å². The standard InChI is InChI=1S/C21H21IN4O4/c1-13-3-5-15(6-4-13)19-25-21(30-26-19)20(28)24-10-9-23-18(27)12-29-16-7-8-17(22)14(2)11-16/h3-8,11H,9-10,12H2,1-2H3,(H,23,27)(H,24,28). The number of carbonyl (C=O) groups is 2. The molecule has 0 spiro atoms. The molecule has 0 aliphatic rings. The number of nitrogens with one attached hydrogen (secondary N) is 2. The fourth-order valence-corrected chi connectivity index (χ4v) is 2.83. The van der Waals surface area contributed by atoms with E-state index < -0.39 is 5.91 Å². The third-order valence-electron chi connectivity index (χ3n) is 4.16. The summed E-state index contributed by atoms with van der Waals surface area (Å²) in [6.07, 6.45) is 0. The Bertz CT molecular complexity index is 1030. The SMILES string of the molecule is Cc1ccc(-c2noc(C(=O)NCCNC(=O)COc3ccc(I)c(C)c3)n2)cc1. The molecule has 9 heteroatoms. The maximum absolute atomic E-state index is 12.1. The number of rotatable bonds is 8. The molecule has 0 saturated carbocycles. The fraction of sp³-hybridized carbons (Fsp3) is 0.238. The first-order valence-corrected chi connectivity index (χ1v) is 10.3. The summed E-state index contributed by atoms with van der Waals surface area (Å²) in [5, 5.41) is 9.12. The summed E-state index contributed by atoms with van der Waals surface area (Å²) in [5.41, 5.74) is 2.96. The molecule has 2 aromatic carbocycles. The maximum Gasteiger partial charge on any atom is 0.316 e. The lowest BCUT2D eigenvalue weighted by Gasteiger charge is -2.09. The second-order valence-corrected chi connectivity index (χ2v) is 7.76. The van der Waals surface area contributed by atoms with Gasteiger partial charge in [0, 0.05) is 22.2 Å². The first-order valence-electron chi connectivity index (χ1n) is 9.27. The van der Waals surface area contributed by atoms with Gasteiger partial charge in [0.15, 0.2) is 6.61 Å². The van der Waals surface area contributed by atoms with E-state index in [0.29, 0.717) is 11.6 Å². The molecule has 0 aliphatic carbocycles. The molecule has 2 amide bonds. The van der Waals surface area contributed by atoms with Gasteiger partial charge in [-0.05, 0) is 60.2 Å². The van der Waals surface area contributed by atoms with Crippen molar-refractivity contribution in [2.24, 2.45) is 0 Å². The van der Waals surface area contributed by atoms with Crippen LogP contribution in [0.15, 0.2) is 47.0 Å². The van der Waals surface area contributed by atoms with Crippen LogP contribution in [-0.4, -0.2) is 41.7 Å². The Hall–Kier alpha value is -2.95. The molecule has 3 aromatic rings. The van der Waals surface area contributed by atoms with E-state index in [1.54, 1.807) is 0 Å². The number of aromatic nitrogens is 2. The topological polar surface area (TPSA) is 106 Å². The van der Waals surface area contributed by atoms with Gasteiger partial charge in [-0.15, -0.1) is 0 Å². The molecule has 30 heavy (non-hydrogen) atoms. The van der Waals surface area contributed by atoms with Crippen molar-refractivity contribution in [3.05, 3.63) is 63.1 Å². The number of halogens is 1. The van der Waals surface area contributed by atoms with Gasteiger partial charge in [0.25, 0.3) is 5.91 Å². The summed E-state index contributed by atoms with van der Waals surface area (Å²) in [7, 11) is 0. The first kappa shape index (κ1) is 21.8. The first-order chi connectivity index (χ1) is 14.4. The zero-order valence-electron chi connectivity index (χ0n) is 16.6. The van der Waals surface area contributed by atoms with E-state index in [2.05, 4.69) is 43.4 Å². The average molecular weight is 520 g/mol. The van der Waals surface area contributed by atoms with Gasteiger partial charge >= 0.3 is 11.8 Å². The molecule has 1 heterocycles. The highest BCUT2D eigenvalue weighted by Gasteiger charge is 2.15. The summed E-state index contributed by atoms with van der Waals surface area (Å²) >= 11 is 2.24. The number of hydrogen-bond donors (Lipinski definition) is 2. The van der Waals surface area contributed by atoms with E-state index in [1.807, 2.05) is 56.3 Å². The number of carbonyl (C=O) groups excluding carboxylic acids is 2. The van der Waals surface area contributed by atoms with Crippen molar-refractivity contribution in [3.63, 3.8) is 0 Å². The normalized spacial score (nSPS) is 10.5. The zero-order valence-corrected chi connectivity index (χ0v) is 18.7. The zero-order chi connectivity index (χ0) is 21.5. The predicted octanol–water partition coefficient (Wildman–Crippen LogP) is 2.88. The van der Waals surface area contributed by atoms with E-state index >= 15 is 0 Å². The van der Waals surface area contributed by atoms with E-state index in [9.17, 15) is 9.59 Å². The lowest BCUT2D eigenvalue weighted by Crippen LogP contribution is -2.36. The molecule has 0 bridgehead atoms. The molecular weight excluding hydrogens is 499 g/mol. The fourth-order valence-electron chi connectivity index (χ4n) is 2.50. The summed E-state index contributed by atoms with van der Waals surface area (Å²) in [5.74, 6) is 0.0727. The summed E-state index contributed by atoms with van der Waals surface area (Å²) in [4.78, 5) is 28.1. The van der Waals surface area contributed by atoms with Gasteiger partial charge < -0.3 is 19.9 Å². The highest BCUT2D eigenvalue weighted by atomic mass is 127. The Morgan fingerprint density at radius 2 is 1.80 bits per heavy atom. The van der Waals surface area contributed by atoms with Crippen LogP contribution >= 0.6 is 22.6 Å². The maximum atomic E-state index is 12.1. The van der Waals surface area contributed by atoms with Crippen LogP contribution in [0.4, 0.5) is 0 Å². The van der Waals surface area contributed by atoms with Gasteiger partial charge in [-0.25, -0.2) is 0 Å². The van der Waals surface area contributed by atoms with Crippen molar-refractivity contribution in [2.45, 2.75) is 13.8 Å². The number of ether oxygens (including phenoxy) is 1. The van der Waals surface area contributed by atoms with Crippen molar-refractivity contribution in [2.75, 3.05) is 19.7 Å². The van der Waals surface area contributed by atoms with E-state index in [1.165, 1.54) is 0 Å². The molecule has 2 N–H and O–H groups in total. The minimum Gasteiger partial charge on any atom is -0.484 e. The van der Waals surface area contributed by atoms with Crippen LogP contribution in [0.3, 0.4) is 0 Å². The Morgan fingerprint density at radius 1 is 1.07 bits per heavy atom. The largest absolute Gasteiger partial charge is 0.484 e. The second-order valence-electron chi connectivity index (χ2n) is 6.59. The van der Waals surface area contributed by atoms with Crippen molar-refractivity contribution < 1.29 is 18.8 Å². The van der Waals surface area contributed by atoms with Crippen LogP contribution in [-0.2, 0) is 4.79 Å². The second kappa shape index (κ2) is 10.2. The molecule has 8 nitrogen and oxygen atoms in total. The molecule has 0 aliphatic heterocycles. The number of amides is 2. The third-order valence-corrected chi connectivity index (χ3v) is 5.37.